The molecule has 0 bridgehead atoms. The fourth-order valence-corrected chi connectivity index (χ4v) is 3.40. The Balaban J connectivity index is 1.65. The van der Waals surface area contributed by atoms with Crippen LogP contribution < -0.4 is 15.0 Å². The third kappa shape index (κ3) is 5.09. The Morgan fingerprint density at radius 3 is 2.55 bits per heavy atom. The largest absolute Gasteiger partial charge is 0.496 e. The molecule has 1 amide bonds. The van der Waals surface area contributed by atoms with Gasteiger partial charge in [-0.2, -0.15) is 13.2 Å². The van der Waals surface area contributed by atoms with Crippen LogP contribution in [0.1, 0.15) is 34.7 Å². The quantitative estimate of drug-likeness (QED) is 0.800. The van der Waals surface area contributed by atoms with Gasteiger partial charge in [0.2, 0.25) is 0 Å². The molecular formula is C19H20ClF3N4O2. The second kappa shape index (κ2) is 8.44. The average Bonchev–Trinajstić information content (AvgIpc) is 2.67. The van der Waals surface area contributed by atoms with Crippen molar-refractivity contribution in [1.82, 2.24) is 15.3 Å². The molecule has 0 aliphatic carbocycles. The molecule has 0 atom stereocenters. The molecule has 1 N–H and O–H groups in total. The number of halogens is 4. The van der Waals surface area contributed by atoms with Crippen molar-refractivity contribution in [2.75, 3.05) is 25.1 Å². The van der Waals surface area contributed by atoms with Crippen LogP contribution in [-0.2, 0) is 6.18 Å². The summed E-state index contributed by atoms with van der Waals surface area (Å²) in [5.41, 5.74) is -0.618. The van der Waals surface area contributed by atoms with E-state index in [0.29, 0.717) is 42.3 Å². The number of aromatic nitrogens is 2. The van der Waals surface area contributed by atoms with Crippen LogP contribution in [0.5, 0.6) is 5.75 Å². The number of alkyl halides is 3. The van der Waals surface area contributed by atoms with Crippen LogP contribution in [0.15, 0.2) is 24.3 Å². The molecule has 1 aliphatic heterocycles. The number of ether oxygens (including phenoxy) is 1. The van der Waals surface area contributed by atoms with Gasteiger partial charge in [-0.15, -0.1) is 0 Å². The lowest BCUT2D eigenvalue weighted by Crippen LogP contribution is -2.45. The van der Waals surface area contributed by atoms with Crippen LogP contribution in [0.4, 0.5) is 19.0 Å². The number of rotatable bonds is 4. The van der Waals surface area contributed by atoms with Gasteiger partial charge in [-0.05, 0) is 38.0 Å². The van der Waals surface area contributed by atoms with Crippen molar-refractivity contribution in [1.29, 1.82) is 0 Å². The minimum absolute atomic E-state index is 0.0679. The molecule has 1 aromatic carbocycles. The molecule has 1 saturated heterocycles. The van der Waals surface area contributed by atoms with Crippen molar-refractivity contribution in [2.45, 2.75) is 32.0 Å². The fraction of sp³-hybridized carbons (Fsp3) is 0.421. The Morgan fingerprint density at radius 1 is 1.24 bits per heavy atom. The Kier molecular flexibility index (Phi) is 6.16. The molecule has 1 aromatic heterocycles. The maximum absolute atomic E-state index is 13.0. The lowest BCUT2D eigenvalue weighted by molar-refractivity contribution is -0.141. The van der Waals surface area contributed by atoms with E-state index in [-0.39, 0.29) is 23.6 Å². The highest BCUT2D eigenvalue weighted by Crippen LogP contribution is 2.30. The molecule has 0 unspecified atom stereocenters. The number of amides is 1. The van der Waals surface area contributed by atoms with Gasteiger partial charge >= 0.3 is 6.18 Å². The van der Waals surface area contributed by atoms with Gasteiger partial charge in [0, 0.05) is 30.2 Å². The van der Waals surface area contributed by atoms with Crippen LogP contribution >= 0.6 is 11.6 Å². The topological polar surface area (TPSA) is 67.3 Å². The number of nitrogens with zero attached hydrogens (tertiary/aromatic N) is 3. The molecule has 3 rings (SSSR count). The van der Waals surface area contributed by atoms with Crippen LogP contribution in [0.25, 0.3) is 0 Å². The van der Waals surface area contributed by atoms with Gasteiger partial charge in [0.15, 0.2) is 0 Å². The van der Waals surface area contributed by atoms with Crippen LogP contribution in [-0.4, -0.2) is 42.1 Å². The van der Waals surface area contributed by atoms with Crippen molar-refractivity contribution < 1.29 is 22.7 Å². The van der Waals surface area contributed by atoms with Crippen molar-refractivity contribution in [3.8, 4) is 5.75 Å². The molecule has 2 heterocycles. The van der Waals surface area contributed by atoms with Gasteiger partial charge in [-0.25, -0.2) is 9.97 Å². The van der Waals surface area contributed by atoms with E-state index in [1.165, 1.54) is 20.1 Å². The van der Waals surface area contributed by atoms with Gasteiger partial charge in [-0.1, -0.05) is 11.6 Å². The Labute approximate surface area is 171 Å². The maximum Gasteiger partial charge on any atom is 0.433 e. The number of hydrogen-bond acceptors (Lipinski definition) is 5. The maximum atomic E-state index is 13.0. The summed E-state index contributed by atoms with van der Waals surface area (Å²) in [4.78, 5) is 22.0. The molecule has 6 nitrogen and oxygen atoms in total. The van der Waals surface area contributed by atoms with E-state index in [9.17, 15) is 18.0 Å². The highest BCUT2D eigenvalue weighted by molar-refractivity contribution is 6.31. The minimum atomic E-state index is -4.52. The summed E-state index contributed by atoms with van der Waals surface area (Å²) in [6.45, 7) is 2.36. The van der Waals surface area contributed by atoms with Crippen LogP contribution in [0, 0.1) is 6.92 Å². The van der Waals surface area contributed by atoms with Gasteiger partial charge in [0.25, 0.3) is 5.91 Å². The summed E-state index contributed by atoms with van der Waals surface area (Å²) in [5.74, 6) is 0.421. The molecule has 10 heteroatoms. The van der Waals surface area contributed by atoms with Gasteiger partial charge < -0.3 is 15.0 Å². The first-order chi connectivity index (χ1) is 13.7. The first kappa shape index (κ1) is 21.2. The van der Waals surface area contributed by atoms with Crippen molar-refractivity contribution in [3.05, 3.63) is 46.4 Å². The third-order valence-electron chi connectivity index (χ3n) is 4.68. The number of carbonyl (C=O) groups excluding carboxylic acids is 1. The van der Waals surface area contributed by atoms with Crippen LogP contribution in [0.2, 0.25) is 5.02 Å². The molecule has 0 radical (unpaired) electrons. The second-order valence-electron chi connectivity index (χ2n) is 6.74. The predicted octanol–water partition coefficient (Wildman–Crippen LogP) is 3.86. The van der Waals surface area contributed by atoms with E-state index in [1.807, 2.05) is 0 Å². The Morgan fingerprint density at radius 2 is 1.93 bits per heavy atom. The molecule has 1 fully saturated rings. The molecular weight excluding hydrogens is 409 g/mol. The second-order valence-corrected chi connectivity index (χ2v) is 7.17. The number of carbonyl (C=O) groups is 1. The summed E-state index contributed by atoms with van der Waals surface area (Å²) >= 11 is 5.97. The van der Waals surface area contributed by atoms with E-state index in [4.69, 9.17) is 16.3 Å². The van der Waals surface area contributed by atoms with Gasteiger partial charge in [0.05, 0.1) is 12.7 Å². The highest BCUT2D eigenvalue weighted by Gasteiger charge is 2.34. The Bertz CT molecular complexity index is 900. The van der Waals surface area contributed by atoms with Crippen molar-refractivity contribution >= 4 is 23.3 Å². The molecule has 156 valence electrons. The monoisotopic (exact) mass is 428 g/mol. The smallest absolute Gasteiger partial charge is 0.433 e. The zero-order valence-electron chi connectivity index (χ0n) is 15.9. The predicted molar refractivity (Wildman–Crippen MR) is 102 cm³/mol. The SMILES string of the molecule is COc1ccc(Cl)cc1C(=O)NC1CCN(c2cc(C(F)(F)F)nc(C)n2)CC1. The van der Waals surface area contributed by atoms with E-state index in [1.54, 1.807) is 17.0 Å². The molecule has 0 spiro atoms. The number of piperidine rings is 1. The normalized spacial score (nSPS) is 15.3. The van der Waals surface area contributed by atoms with E-state index >= 15 is 0 Å². The molecule has 29 heavy (non-hydrogen) atoms. The molecule has 2 aromatic rings. The number of hydrogen-bond donors (Lipinski definition) is 1. The highest BCUT2D eigenvalue weighted by atomic mass is 35.5. The summed E-state index contributed by atoms with van der Waals surface area (Å²) < 4.78 is 44.2. The molecule has 1 aliphatic rings. The summed E-state index contributed by atoms with van der Waals surface area (Å²) in [6.07, 6.45) is -3.39. The standard InChI is InChI=1S/C19H20ClF3N4O2/c1-11-24-16(19(21,22)23)10-17(25-11)27-7-5-13(6-8-27)26-18(28)14-9-12(20)3-4-15(14)29-2/h3-4,9-10,13H,5-8H2,1-2H3,(H,26,28). The van der Waals surface area contributed by atoms with E-state index in [0.717, 1.165) is 6.07 Å². The average molecular weight is 429 g/mol. The number of methoxy groups -OCH3 is 1. The van der Waals surface area contributed by atoms with Crippen molar-refractivity contribution in [2.24, 2.45) is 0 Å². The van der Waals surface area contributed by atoms with Gasteiger partial charge in [-0.3, -0.25) is 4.79 Å². The summed E-state index contributed by atoms with van der Waals surface area (Å²) in [6, 6.07) is 5.63. The Hall–Kier alpha value is -2.55. The number of nitrogens with one attached hydrogen (secondary N) is 1. The molecule has 0 saturated carbocycles. The van der Waals surface area contributed by atoms with Gasteiger partial charge in [0.1, 0.15) is 23.1 Å². The number of anilines is 1. The first-order valence-electron chi connectivity index (χ1n) is 8.99. The fourth-order valence-electron chi connectivity index (χ4n) is 3.23. The van der Waals surface area contributed by atoms with E-state index in [2.05, 4.69) is 15.3 Å². The van der Waals surface area contributed by atoms with Crippen molar-refractivity contribution in [3.63, 3.8) is 0 Å². The zero-order valence-corrected chi connectivity index (χ0v) is 16.6. The third-order valence-corrected chi connectivity index (χ3v) is 4.91. The summed E-state index contributed by atoms with van der Waals surface area (Å²) in [5, 5.41) is 3.36. The zero-order chi connectivity index (χ0) is 21.2. The van der Waals surface area contributed by atoms with E-state index < -0.39 is 11.9 Å². The number of aryl methyl sites for hydroxylation is 1. The lowest BCUT2D eigenvalue weighted by Gasteiger charge is -2.33. The summed E-state index contributed by atoms with van der Waals surface area (Å²) in [7, 11) is 1.47. The first-order valence-corrected chi connectivity index (χ1v) is 9.37. The minimum Gasteiger partial charge on any atom is -0.496 e. The van der Waals surface area contributed by atoms with Crippen LogP contribution in [0.3, 0.4) is 0 Å². The lowest BCUT2D eigenvalue weighted by atomic mass is 10.0. The number of benzene rings is 1.